The first-order valence-electron chi connectivity index (χ1n) is 13.5. The molecule has 4 N–H and O–H groups in total. The normalized spacial score (nSPS) is 12.1. The number of ether oxygens (including phenoxy) is 1. The maximum absolute atomic E-state index is 12.0. The predicted molar refractivity (Wildman–Crippen MR) is 226 cm³/mol. The van der Waals surface area contributed by atoms with Gasteiger partial charge in [0.15, 0.2) is 0 Å². The number of aliphatic imine (C=N–C) groups is 2. The Morgan fingerprint density at radius 3 is 1.98 bits per heavy atom. The van der Waals surface area contributed by atoms with Crippen LogP contribution >= 0.6 is 129 Å². The molecule has 0 aromatic heterocycles. The lowest BCUT2D eigenvalue weighted by Gasteiger charge is -2.06. The summed E-state index contributed by atoms with van der Waals surface area (Å²) in [6, 6.07) is 0. The third kappa shape index (κ3) is 42.1. The van der Waals surface area contributed by atoms with E-state index < -0.39 is 16.9 Å². The molecule has 47 heavy (non-hydrogen) atoms. The molecule has 0 bridgehead atoms. The average molecular weight is 889 g/mol. The fourth-order valence-corrected chi connectivity index (χ4v) is 13.4. The quantitative estimate of drug-likeness (QED) is 0.0151. The van der Waals surface area contributed by atoms with E-state index in [1.807, 2.05) is 0 Å². The second-order valence-corrected chi connectivity index (χ2v) is 22.5. The van der Waals surface area contributed by atoms with Gasteiger partial charge in [-0.2, -0.15) is 28.4 Å². The molecule has 0 fully saturated rings. The summed E-state index contributed by atoms with van der Waals surface area (Å²) in [4.78, 5) is 41.5. The van der Waals surface area contributed by atoms with Gasteiger partial charge in [-0.15, -0.1) is 94.1 Å². The smallest absolute Gasteiger partial charge is 0.407 e. The number of aliphatic hydroxyl groups is 2. The van der Waals surface area contributed by atoms with Crippen LogP contribution in [0.3, 0.4) is 0 Å². The van der Waals surface area contributed by atoms with Gasteiger partial charge in [-0.25, -0.2) is 9.79 Å². The van der Waals surface area contributed by atoms with E-state index in [2.05, 4.69) is 20.6 Å². The van der Waals surface area contributed by atoms with Crippen LogP contribution in [0.4, 0.5) is 9.59 Å². The predicted octanol–water partition coefficient (Wildman–Crippen LogP) is 5.76. The number of thioether (sulfide) groups is 11. The Bertz CT molecular complexity index is 815. The highest BCUT2D eigenvalue weighted by molar-refractivity contribution is 8.29. The number of rotatable bonds is 35. The number of nitrogens with zero attached hydrogens (tertiary/aromatic N) is 2. The highest BCUT2D eigenvalue weighted by atomic mass is 32.3. The van der Waals surface area contributed by atoms with E-state index >= 15 is 0 Å². The zero-order chi connectivity index (χ0) is 34.3. The summed E-state index contributed by atoms with van der Waals surface area (Å²) in [5.41, 5.74) is 1.50. The molecule has 0 aromatic carbocycles. The summed E-state index contributed by atoms with van der Waals surface area (Å²) >= 11 is 17.6. The van der Waals surface area contributed by atoms with Crippen LogP contribution in [0.25, 0.3) is 0 Å². The van der Waals surface area contributed by atoms with Crippen LogP contribution in [-0.2, 0) is 25.3 Å². The van der Waals surface area contributed by atoms with Crippen molar-refractivity contribution in [1.82, 2.24) is 10.6 Å². The Morgan fingerprint density at radius 2 is 1.28 bits per heavy atom. The summed E-state index contributed by atoms with van der Waals surface area (Å²) in [6.07, 6.45) is 0.871. The first kappa shape index (κ1) is 48.8. The number of nitrogens with one attached hydrogen (secondary N) is 2. The van der Waals surface area contributed by atoms with Gasteiger partial charge in [-0.3, -0.25) is 14.0 Å². The monoisotopic (exact) mass is 888 g/mol. The van der Waals surface area contributed by atoms with E-state index in [0.29, 0.717) is 64.1 Å². The van der Waals surface area contributed by atoms with Crippen molar-refractivity contribution in [3.8, 4) is 0 Å². The molecule has 2 amide bonds. The zero-order valence-corrected chi connectivity index (χ0v) is 35.5. The topological polar surface area (TPSA) is 168 Å². The van der Waals surface area contributed by atoms with Crippen LogP contribution in [0.1, 0.15) is 0 Å². The molecule has 1 unspecified atom stereocenters. The van der Waals surface area contributed by atoms with Crippen molar-refractivity contribution >= 4 is 163 Å². The number of carbonyl (C=O) groups is 2. The summed E-state index contributed by atoms with van der Waals surface area (Å²) in [6.45, 7) is 1.07. The molecule has 0 saturated carbocycles. The van der Waals surface area contributed by atoms with Crippen molar-refractivity contribution in [3.63, 3.8) is 0 Å². The highest BCUT2D eigenvalue weighted by Gasteiger charge is 2.03. The molecule has 0 heterocycles. The third-order valence-corrected chi connectivity index (χ3v) is 17.3. The van der Waals surface area contributed by atoms with Crippen molar-refractivity contribution in [3.05, 3.63) is 0 Å². The lowest BCUT2D eigenvalue weighted by atomic mass is 10.8. The van der Waals surface area contributed by atoms with Gasteiger partial charge in [-0.1, -0.05) is 11.8 Å². The lowest BCUT2D eigenvalue weighted by Crippen LogP contribution is -2.24. The minimum atomic E-state index is -1.12. The minimum Gasteiger partial charge on any atom is -0.449 e. The van der Waals surface area contributed by atoms with Gasteiger partial charge >= 0.3 is 6.09 Å². The Hall–Kier alpha value is 1.76. The zero-order valence-electron chi connectivity index (χ0n) is 25.7. The van der Waals surface area contributed by atoms with Crippen LogP contribution in [0, 0.1) is 0 Å². The van der Waals surface area contributed by atoms with Crippen molar-refractivity contribution in [2.45, 2.75) is 0 Å². The molecule has 0 saturated heterocycles. The molecular formula is C23H44N4O8S12. The van der Waals surface area contributed by atoms with Crippen LogP contribution in [0.2, 0.25) is 0 Å². The Morgan fingerprint density at radius 1 is 0.681 bits per heavy atom. The van der Waals surface area contributed by atoms with Gasteiger partial charge in [0.25, 0.3) is 5.24 Å². The van der Waals surface area contributed by atoms with E-state index in [4.69, 9.17) is 24.7 Å². The molecule has 0 spiro atoms. The molecule has 0 aliphatic carbocycles. The average Bonchev–Trinajstić information content (AvgIpc) is 3.06. The number of carbonyl (C=O) groups excluding carboxylic acids is 2. The third-order valence-electron chi connectivity index (χ3n) is 3.90. The molecule has 12 nitrogen and oxygen atoms in total. The van der Waals surface area contributed by atoms with Crippen molar-refractivity contribution in [1.29, 1.82) is 0 Å². The van der Waals surface area contributed by atoms with Gasteiger partial charge in [0, 0.05) is 53.5 Å². The fourth-order valence-electron chi connectivity index (χ4n) is 2.10. The highest BCUT2D eigenvalue weighted by Crippen LogP contribution is 2.20. The molecular weight excluding hydrogens is 845 g/mol. The second kappa shape index (κ2) is 42.2. The van der Waals surface area contributed by atoms with Crippen LogP contribution in [0.5, 0.6) is 0 Å². The molecule has 0 radical (unpaired) electrons. The van der Waals surface area contributed by atoms with E-state index in [9.17, 15) is 13.8 Å². The number of aliphatic hydroxyl groups excluding tert-OH is 2. The summed E-state index contributed by atoms with van der Waals surface area (Å²) < 4.78 is 17.1. The van der Waals surface area contributed by atoms with Crippen molar-refractivity contribution < 1.29 is 38.5 Å². The van der Waals surface area contributed by atoms with Crippen LogP contribution in [0.15, 0.2) is 9.98 Å². The lowest BCUT2D eigenvalue weighted by molar-refractivity contribution is -0.210. The molecule has 24 heteroatoms. The molecule has 0 aromatic rings. The van der Waals surface area contributed by atoms with Crippen LogP contribution in [-0.4, -0.2) is 146 Å². The first-order chi connectivity index (χ1) is 23.1. The molecule has 0 aliphatic heterocycles. The number of hydrogen-bond acceptors (Lipinski definition) is 21. The van der Waals surface area contributed by atoms with Crippen molar-refractivity contribution in [2.75, 3.05) is 109 Å². The molecule has 276 valence electrons. The first-order valence-corrected chi connectivity index (χ1v) is 27.5. The van der Waals surface area contributed by atoms with E-state index in [1.54, 1.807) is 106 Å². The Kier molecular flexibility index (Phi) is 43.8. The Labute approximate surface area is 328 Å². The van der Waals surface area contributed by atoms with Gasteiger partial charge in [-0.05, 0) is 0 Å². The van der Waals surface area contributed by atoms with Crippen LogP contribution < -0.4 is 10.6 Å². The van der Waals surface area contributed by atoms with Gasteiger partial charge in [0.05, 0.1) is 58.2 Å². The molecule has 0 aliphatic rings. The SMILES string of the molecule is O=C(NCSCSCSCN=CS(=O)CSCSCSC(=O)NCSCSCSCN=COOCCSCCO)OCCSCCO. The number of alkyl carbamates (subject to hydrolysis) is 1. The van der Waals surface area contributed by atoms with E-state index in [1.165, 1.54) is 35.5 Å². The second-order valence-electron chi connectivity index (χ2n) is 7.47. The summed E-state index contributed by atoms with van der Waals surface area (Å²) in [5.74, 6) is 4.97. The Balaban J connectivity index is 3.39. The van der Waals surface area contributed by atoms with E-state index in [-0.39, 0.29) is 18.5 Å². The summed E-state index contributed by atoms with van der Waals surface area (Å²) in [5, 5.41) is 28.2. The summed E-state index contributed by atoms with van der Waals surface area (Å²) in [7, 11) is -1.12. The number of amides is 2. The van der Waals surface area contributed by atoms with Crippen molar-refractivity contribution in [2.24, 2.45) is 9.98 Å². The number of hydrogen-bond donors (Lipinski definition) is 4. The molecule has 0 rings (SSSR count). The fraction of sp³-hybridized carbons (Fsp3) is 0.826. The minimum absolute atomic E-state index is 0.0410. The maximum atomic E-state index is 12.0. The van der Waals surface area contributed by atoms with Gasteiger partial charge < -0.3 is 30.5 Å². The molecule has 1 atom stereocenters. The standard InChI is InChI=1S/C23H44N4O8S12/c28-1-5-36-7-3-33-22(30)26-12-40-17-43-16-39-11-25-14-47(32)21-45-19-44-20-46-23(31)27-13-41-18-42-15-38-10-24-9-35-34-4-8-37-6-2-29/h9,14,28-29H,1-8,10-13,15-21H2,(H,26,30)(H,27,31). The van der Waals surface area contributed by atoms with Gasteiger partial charge in [0.2, 0.25) is 6.40 Å². The van der Waals surface area contributed by atoms with E-state index in [0.717, 1.165) is 31.2 Å². The maximum Gasteiger partial charge on any atom is 0.407 e. The van der Waals surface area contributed by atoms with Gasteiger partial charge in [0.1, 0.15) is 13.2 Å². The largest absolute Gasteiger partial charge is 0.449 e.